The van der Waals surface area contributed by atoms with Crippen molar-refractivity contribution in [2.45, 2.75) is 52.9 Å². The van der Waals surface area contributed by atoms with Crippen LogP contribution in [0.15, 0.2) is 115 Å². The Morgan fingerprint density at radius 2 is 1.23 bits per heavy atom. The summed E-state index contributed by atoms with van der Waals surface area (Å²) in [5, 5.41) is 5.52. The van der Waals surface area contributed by atoms with Crippen molar-refractivity contribution in [3.63, 3.8) is 0 Å². The summed E-state index contributed by atoms with van der Waals surface area (Å²) in [4.78, 5) is 0. The van der Waals surface area contributed by atoms with Gasteiger partial charge in [-0.2, -0.15) is 12.1 Å². The Balaban J connectivity index is 0.000000743. The summed E-state index contributed by atoms with van der Waals surface area (Å²) in [5.41, 5.74) is 9.49. The third kappa shape index (κ3) is 9.89. The van der Waals surface area contributed by atoms with Gasteiger partial charge >= 0.3 is 30.2 Å². The van der Waals surface area contributed by atoms with E-state index in [-0.39, 0.29) is 39.7 Å². The molecule has 44 heavy (non-hydrogen) atoms. The van der Waals surface area contributed by atoms with Crippen molar-refractivity contribution in [3.8, 4) is 22.3 Å². The Hall–Kier alpha value is -2.22. The van der Waals surface area contributed by atoms with Crippen molar-refractivity contribution in [2.24, 2.45) is 0 Å². The predicted octanol–water partition coefficient (Wildman–Crippen LogP) is 12.7. The average Bonchev–Trinajstić information content (AvgIpc) is 3.62. The third-order valence-corrected chi connectivity index (χ3v) is 7.79. The zero-order valence-electron chi connectivity index (χ0n) is 27.0. The van der Waals surface area contributed by atoms with E-state index in [1.807, 2.05) is 0 Å². The minimum absolute atomic E-state index is 0. The zero-order chi connectivity index (χ0) is 28.5. The Kier molecular flexibility index (Phi) is 19.7. The van der Waals surface area contributed by atoms with Crippen molar-refractivity contribution in [1.82, 2.24) is 0 Å². The number of hydrogen-bond donors (Lipinski definition) is 0. The number of fused-ring (bicyclic) bond motifs is 2. The maximum atomic E-state index is 3.06. The van der Waals surface area contributed by atoms with Gasteiger partial charge in [0, 0.05) is 0 Å². The van der Waals surface area contributed by atoms with E-state index in [2.05, 4.69) is 150 Å². The second-order valence-electron chi connectivity index (χ2n) is 10.5. The van der Waals surface area contributed by atoms with Crippen LogP contribution in [0.4, 0.5) is 0 Å². The van der Waals surface area contributed by atoms with Crippen LogP contribution in [0.2, 0.25) is 0 Å². The Labute approximate surface area is 296 Å². The zero-order valence-corrected chi connectivity index (χ0v) is 32.1. The average molecular weight is 717 g/mol. The van der Waals surface area contributed by atoms with Crippen LogP contribution in [-0.4, -0.2) is 6.88 Å². The Morgan fingerprint density at radius 3 is 1.77 bits per heavy atom. The van der Waals surface area contributed by atoms with Crippen molar-refractivity contribution in [3.05, 3.63) is 147 Å². The monoisotopic (exact) mass is 714 g/mol. The number of halogens is 2. The van der Waals surface area contributed by atoms with Crippen LogP contribution in [-0.2, 0) is 23.3 Å². The second kappa shape index (κ2) is 20.7. The maximum absolute atomic E-state index is 3.06. The molecule has 0 aromatic heterocycles. The van der Waals surface area contributed by atoms with Crippen molar-refractivity contribution >= 4 is 53.2 Å². The third-order valence-electron chi connectivity index (χ3n) is 7.79. The molecule has 0 bridgehead atoms. The van der Waals surface area contributed by atoms with Gasteiger partial charge in [0.2, 0.25) is 0 Å². The minimum atomic E-state index is 0. The summed E-state index contributed by atoms with van der Waals surface area (Å²) < 4.78 is 0. The molecule has 0 heterocycles. The molecular formula is C40H46Cl2SiZr-4. The van der Waals surface area contributed by atoms with E-state index in [1.165, 1.54) is 103 Å². The molecule has 1 atom stereocenters. The molecule has 4 heteroatoms. The van der Waals surface area contributed by atoms with Gasteiger partial charge in [0.1, 0.15) is 0 Å². The van der Waals surface area contributed by atoms with Crippen LogP contribution in [0.3, 0.4) is 0 Å². The number of rotatable bonds is 6. The van der Waals surface area contributed by atoms with Crippen molar-refractivity contribution in [1.29, 1.82) is 0 Å². The first-order valence-corrected chi connectivity index (χ1v) is 18.5. The van der Waals surface area contributed by atoms with E-state index in [0.29, 0.717) is 5.92 Å². The fourth-order valence-corrected chi connectivity index (χ4v) is 5.78. The van der Waals surface area contributed by atoms with Gasteiger partial charge in [-0.15, -0.1) is 93.4 Å². The molecule has 0 spiro atoms. The van der Waals surface area contributed by atoms with E-state index in [1.54, 1.807) is 0 Å². The molecule has 1 unspecified atom stereocenters. The normalized spacial score (nSPS) is 10.3. The van der Waals surface area contributed by atoms with Gasteiger partial charge in [-0.05, 0) is 23.5 Å². The first-order chi connectivity index (χ1) is 19.6. The van der Waals surface area contributed by atoms with Gasteiger partial charge in [-0.3, -0.25) is 0 Å². The van der Waals surface area contributed by atoms with E-state index < -0.39 is 0 Å². The van der Waals surface area contributed by atoms with Crippen LogP contribution in [0.25, 0.3) is 43.8 Å². The molecule has 6 rings (SSSR count). The van der Waals surface area contributed by atoms with Gasteiger partial charge in [0.25, 0.3) is 0 Å². The molecule has 0 N–H and O–H groups in total. The van der Waals surface area contributed by atoms with Crippen LogP contribution in [0, 0.1) is 28.7 Å². The summed E-state index contributed by atoms with van der Waals surface area (Å²) in [5.74, 6) is 0.700. The molecule has 0 saturated heterocycles. The van der Waals surface area contributed by atoms with Gasteiger partial charge in [0.05, 0.1) is 0 Å². The Bertz CT molecular complexity index is 1650. The molecule has 0 aliphatic carbocycles. The molecule has 2 radical (unpaired) electrons. The molecule has 0 aliphatic heterocycles. The predicted molar refractivity (Wildman–Crippen MR) is 200 cm³/mol. The molecule has 0 amide bonds. The second-order valence-corrected chi connectivity index (χ2v) is 10.5. The van der Waals surface area contributed by atoms with E-state index in [4.69, 9.17) is 0 Å². The summed E-state index contributed by atoms with van der Waals surface area (Å²) >= 11 is 1.36. The molecule has 6 aromatic carbocycles. The summed E-state index contributed by atoms with van der Waals surface area (Å²) in [7, 11) is 0. The topological polar surface area (TPSA) is 0 Å². The van der Waals surface area contributed by atoms with E-state index >= 15 is 0 Å². The van der Waals surface area contributed by atoms with E-state index in [9.17, 15) is 0 Å². The van der Waals surface area contributed by atoms with Gasteiger partial charge in [0.15, 0.2) is 0 Å². The molecular weight excluding hydrogens is 671 g/mol. The van der Waals surface area contributed by atoms with Crippen molar-refractivity contribution < 1.29 is 23.3 Å². The van der Waals surface area contributed by atoms with E-state index in [0.717, 1.165) is 0 Å². The van der Waals surface area contributed by atoms with Crippen LogP contribution in [0.5, 0.6) is 0 Å². The van der Waals surface area contributed by atoms with Crippen LogP contribution < -0.4 is 0 Å². The fraction of sp³-hybridized carbons (Fsp3) is 0.200. The molecule has 0 fully saturated rings. The summed E-state index contributed by atoms with van der Waals surface area (Å²) in [6.45, 7) is 12.0. The van der Waals surface area contributed by atoms with Crippen LogP contribution in [0.1, 0.15) is 55.7 Å². The first-order valence-electron chi connectivity index (χ1n) is 14.3. The van der Waals surface area contributed by atoms with Crippen LogP contribution >= 0.6 is 24.8 Å². The molecule has 6 aromatic rings. The first kappa shape index (κ1) is 41.8. The standard InChI is InChI=1S/C21H23.C17H15.2CH3.2ClH.Si.Zr/c1-3-9-16(4-2)19-14-18-12-8-13-20(21(18)15-19)17-10-6-5-7-11-17;1-12-10-16-13(2)8-9-15(17(16)11-12)14-6-4-3-5-7-14;;;;;;/h5-8,10-16H,3-4,9H2,1-2H3;3-11H,1-2H3;2*1H3;2*1H;;/q4*-1;;;;. The summed E-state index contributed by atoms with van der Waals surface area (Å²) in [6.07, 6.45) is 3.77. The molecule has 0 nitrogen and oxygen atoms in total. The summed E-state index contributed by atoms with van der Waals surface area (Å²) in [6, 6.07) is 41.8. The number of aryl methyl sites for hydroxylation is 2. The molecule has 232 valence electrons. The van der Waals surface area contributed by atoms with Gasteiger partial charge in [-0.25, -0.2) is 0 Å². The van der Waals surface area contributed by atoms with Gasteiger partial charge < -0.3 is 14.9 Å². The fourth-order valence-electron chi connectivity index (χ4n) is 5.78. The quantitative estimate of drug-likeness (QED) is 0.119. The number of benzene rings is 4. The Morgan fingerprint density at radius 1 is 0.659 bits per heavy atom. The SMILES string of the molecule is CCCC(CC)c1cc2c(-c3ccccc3)cccc2[cH-]1.Cc1cc2c(-c3ccccc3)ccc(C)c2[cH-]1.Cl.Cl.[CH3-].[CH3-].[Si]=[Zr]. The molecule has 0 aliphatic rings. The van der Waals surface area contributed by atoms with Crippen molar-refractivity contribution in [2.75, 3.05) is 0 Å². The number of hydrogen-bond acceptors (Lipinski definition) is 0. The van der Waals surface area contributed by atoms with Gasteiger partial charge in [-0.1, -0.05) is 124 Å². The molecule has 0 saturated carbocycles.